The van der Waals surface area contributed by atoms with Crippen molar-refractivity contribution in [2.24, 2.45) is 0 Å². The Labute approximate surface area is 230 Å². The molecule has 4 heteroatoms. The Hall–Kier alpha value is -4.15. The molecule has 0 bridgehead atoms. The molecule has 0 amide bonds. The van der Waals surface area contributed by atoms with Crippen LogP contribution < -0.4 is 0 Å². The lowest BCUT2D eigenvalue weighted by Gasteiger charge is -2.36. The van der Waals surface area contributed by atoms with Crippen LogP contribution in [-0.2, 0) is 5.16 Å². The fourth-order valence-electron chi connectivity index (χ4n) is 4.85. The van der Waals surface area contributed by atoms with Gasteiger partial charge in [-0.1, -0.05) is 133 Å². The van der Waals surface area contributed by atoms with Gasteiger partial charge in [0.15, 0.2) is 0 Å². The topological polar surface area (TPSA) is 17.8 Å². The van der Waals surface area contributed by atoms with Gasteiger partial charge in [0.2, 0.25) is 0 Å². The number of benzene rings is 4. The van der Waals surface area contributed by atoms with E-state index in [2.05, 4.69) is 120 Å². The molecule has 38 heavy (non-hydrogen) atoms. The number of hydrogen-bond acceptors (Lipinski definition) is 1. The Balaban J connectivity index is 0.000000194. The highest BCUT2D eigenvalue weighted by Gasteiger charge is 2.35. The van der Waals surface area contributed by atoms with Gasteiger partial charge in [-0.2, -0.15) is 0 Å². The maximum Gasteiger partial charge on any atom is 0.103 e. The van der Waals surface area contributed by atoms with E-state index in [1.54, 1.807) is 5.98 Å². The van der Waals surface area contributed by atoms with Crippen LogP contribution in [0.4, 0.5) is 0 Å². The van der Waals surface area contributed by atoms with E-state index < -0.39 is 9.52 Å². The van der Waals surface area contributed by atoms with E-state index in [1.165, 1.54) is 11.1 Å². The molecule has 0 aliphatic carbocycles. The molecule has 0 spiro atoms. The Bertz CT molecular complexity index is 1320. The molecule has 0 aliphatic rings. The van der Waals surface area contributed by atoms with Crippen molar-refractivity contribution < 1.29 is 0 Å². The summed E-state index contributed by atoms with van der Waals surface area (Å²) in [5.74, 6) is 1.66. The molecule has 1 aromatic heterocycles. The summed E-state index contributed by atoms with van der Waals surface area (Å²) in [5, 5.41) is -0.0987. The summed E-state index contributed by atoms with van der Waals surface area (Å²) in [4.78, 5) is 4.33. The van der Waals surface area contributed by atoms with E-state index in [-0.39, 0.29) is 5.16 Å². The quantitative estimate of drug-likeness (QED) is 0.162. The zero-order valence-electron chi connectivity index (χ0n) is 21.9. The van der Waals surface area contributed by atoms with Gasteiger partial charge in [-0.25, -0.2) is 4.98 Å². The summed E-state index contributed by atoms with van der Waals surface area (Å²) in [5.41, 5.74) is 6.05. The molecule has 0 aliphatic heterocycles. The summed E-state index contributed by atoms with van der Waals surface area (Å²) in [6.07, 6.45) is 10.4. The van der Waals surface area contributed by atoms with Crippen LogP contribution in [0.15, 0.2) is 158 Å². The third kappa shape index (κ3) is 6.40. The molecule has 186 valence electrons. The van der Waals surface area contributed by atoms with Gasteiger partial charge in [0.1, 0.15) is 7.85 Å². The van der Waals surface area contributed by atoms with Gasteiger partial charge in [-0.15, -0.1) is 5.98 Å². The van der Waals surface area contributed by atoms with Crippen LogP contribution in [0.3, 0.4) is 0 Å². The number of hydrogen-bond donors (Lipinski definition) is 0. The van der Waals surface area contributed by atoms with E-state index in [1.807, 2.05) is 48.9 Å². The lowest BCUT2D eigenvalue weighted by atomic mass is 9.92. The fourth-order valence-corrected chi connectivity index (χ4v) is 7.26. The molecule has 0 saturated carbocycles. The van der Waals surface area contributed by atoms with Crippen molar-refractivity contribution in [1.82, 2.24) is 9.55 Å². The molecule has 5 aromatic rings. The Morgan fingerprint density at radius 3 is 1.63 bits per heavy atom. The van der Waals surface area contributed by atoms with Crippen molar-refractivity contribution in [3.05, 3.63) is 180 Å². The molecule has 2 nitrogen and oxygen atoms in total. The average molecular weight is 509 g/mol. The number of rotatable bonds is 8. The van der Waals surface area contributed by atoms with Crippen molar-refractivity contribution in [1.29, 1.82) is 0 Å². The molecule has 0 atom stereocenters. The summed E-state index contributed by atoms with van der Waals surface area (Å²) >= 11 is 0. The van der Waals surface area contributed by atoms with Gasteiger partial charge in [-0.05, 0) is 40.8 Å². The third-order valence-corrected chi connectivity index (χ3v) is 9.22. The normalized spacial score (nSPS) is 11.3. The summed E-state index contributed by atoms with van der Waals surface area (Å²) < 4.78 is 2.30. The Morgan fingerprint density at radius 1 is 0.763 bits per heavy atom. The van der Waals surface area contributed by atoms with Gasteiger partial charge in [0.25, 0.3) is 0 Å². The molecule has 5 rings (SSSR count). The second-order valence-electron chi connectivity index (χ2n) is 8.98. The smallest absolute Gasteiger partial charge is 0.103 e. The van der Waals surface area contributed by atoms with Gasteiger partial charge >= 0.3 is 0 Å². The van der Waals surface area contributed by atoms with Crippen molar-refractivity contribution in [3.8, 4) is 0 Å². The number of imidazole rings is 1. The second-order valence-corrected chi connectivity index (χ2v) is 11.1. The first kappa shape index (κ1) is 26.9. The fraction of sp³-hybridized carbons (Fsp3) is 0.0882. The molecule has 1 heterocycles. The van der Waals surface area contributed by atoms with Crippen LogP contribution in [0.5, 0.6) is 0 Å². The van der Waals surface area contributed by atoms with E-state index in [9.17, 15) is 0 Å². The number of nitrogens with zero attached hydrogens (tertiary/aromatic N) is 2. The lowest BCUT2D eigenvalue weighted by Crippen LogP contribution is -2.41. The first-order valence-corrected chi connectivity index (χ1v) is 14.7. The van der Waals surface area contributed by atoms with Crippen LogP contribution in [0.25, 0.3) is 5.57 Å². The summed E-state index contributed by atoms with van der Waals surface area (Å²) in [6, 6.07) is 43.1. The van der Waals surface area contributed by atoms with E-state index in [4.69, 9.17) is 7.85 Å². The monoisotopic (exact) mass is 508 g/mol. The minimum absolute atomic E-state index is 0.0987. The summed E-state index contributed by atoms with van der Waals surface area (Å²) in [6.45, 7) is 2.10. The van der Waals surface area contributed by atoms with Crippen molar-refractivity contribution in [2.75, 3.05) is 0 Å². The maximum atomic E-state index is 5.67. The number of allylic oxidation sites excluding steroid dienone is 2. The molecular formula is C34H33BN2Si. The van der Waals surface area contributed by atoms with Crippen LogP contribution in [0.2, 0.25) is 6.04 Å². The van der Waals surface area contributed by atoms with Crippen LogP contribution in [0, 0.1) is 0 Å². The molecule has 0 unspecified atom stereocenters. The molecule has 0 saturated heterocycles. The Kier molecular flexibility index (Phi) is 9.89. The highest BCUT2D eigenvalue weighted by molar-refractivity contribution is 6.42. The van der Waals surface area contributed by atoms with Crippen LogP contribution in [-0.4, -0.2) is 26.9 Å². The van der Waals surface area contributed by atoms with Gasteiger partial charge in [-0.3, -0.25) is 0 Å². The SMILES string of the molecule is CC=CC[SiH2]C(c1ccccc1)(c1ccccc1)n1ccnc1.[B]C=C(c1ccccc1)c1ccccc1. The van der Waals surface area contributed by atoms with Crippen LogP contribution in [0.1, 0.15) is 29.2 Å². The third-order valence-electron chi connectivity index (χ3n) is 6.69. The Morgan fingerprint density at radius 2 is 1.24 bits per heavy atom. The molecular weight excluding hydrogens is 475 g/mol. The predicted molar refractivity (Wildman–Crippen MR) is 165 cm³/mol. The van der Waals surface area contributed by atoms with Crippen LogP contribution >= 0.6 is 0 Å². The average Bonchev–Trinajstić information content (AvgIpc) is 3.54. The van der Waals surface area contributed by atoms with Crippen molar-refractivity contribution >= 4 is 22.9 Å². The standard InChI is InChI=1S/C20H22N2Si.C14H11B/c1-2-3-16-23-20(22-15-14-21-17-22,18-10-6-4-7-11-18)19-12-8-5-9-13-19;15-11-14(12-7-3-1-4-8-12)13-9-5-2-6-10-13/h2-15,17H,16,23H2,1H3;1-11H. The molecule has 0 N–H and O–H groups in total. The molecule has 4 aromatic carbocycles. The van der Waals surface area contributed by atoms with Gasteiger partial charge in [0.05, 0.1) is 21.0 Å². The highest BCUT2D eigenvalue weighted by Crippen LogP contribution is 2.34. The van der Waals surface area contributed by atoms with Gasteiger partial charge in [0, 0.05) is 12.4 Å². The van der Waals surface area contributed by atoms with Crippen molar-refractivity contribution in [3.63, 3.8) is 0 Å². The minimum Gasteiger partial charge on any atom is -0.327 e. The zero-order chi connectivity index (χ0) is 26.5. The molecule has 2 radical (unpaired) electrons. The van der Waals surface area contributed by atoms with E-state index >= 15 is 0 Å². The first-order valence-electron chi connectivity index (χ1n) is 13.0. The largest absolute Gasteiger partial charge is 0.327 e. The highest BCUT2D eigenvalue weighted by atomic mass is 28.2. The van der Waals surface area contributed by atoms with E-state index in [0.29, 0.717) is 0 Å². The molecule has 0 fully saturated rings. The van der Waals surface area contributed by atoms with Gasteiger partial charge < -0.3 is 4.57 Å². The maximum absolute atomic E-state index is 5.67. The predicted octanol–water partition coefficient (Wildman–Crippen LogP) is 7.04. The lowest BCUT2D eigenvalue weighted by molar-refractivity contribution is 0.592. The minimum atomic E-state index is -0.522. The number of aromatic nitrogens is 2. The summed E-state index contributed by atoms with van der Waals surface area (Å²) in [7, 11) is 5.15. The van der Waals surface area contributed by atoms with E-state index in [0.717, 1.165) is 22.7 Å². The zero-order valence-corrected chi connectivity index (χ0v) is 23.3. The first-order chi connectivity index (χ1) is 18.8. The van der Waals surface area contributed by atoms with Crippen molar-refractivity contribution in [2.45, 2.75) is 18.1 Å². The second kappa shape index (κ2) is 14.0.